The number of hydrogen-bond donors (Lipinski definition) is 2. The number of carbonyl (C=O) groups is 1. The van der Waals surface area contributed by atoms with Crippen LogP contribution in [-0.2, 0) is 21.2 Å². The molecule has 7 heteroatoms. The van der Waals surface area contributed by atoms with Crippen LogP contribution in [0.1, 0.15) is 43.4 Å². The molecule has 0 saturated heterocycles. The zero-order valence-corrected chi connectivity index (χ0v) is 20.9. The molecule has 0 saturated carbocycles. The van der Waals surface area contributed by atoms with Crippen molar-refractivity contribution in [1.29, 1.82) is 0 Å². The lowest BCUT2D eigenvalue weighted by Gasteiger charge is -2.19. The molecule has 3 aromatic carbocycles. The smallest absolute Gasteiger partial charge is 0.242 e. The van der Waals surface area contributed by atoms with Crippen molar-refractivity contribution >= 4 is 21.6 Å². The highest BCUT2D eigenvalue weighted by molar-refractivity contribution is 7.89. The maximum Gasteiger partial charge on any atom is 0.242 e. The fourth-order valence-corrected chi connectivity index (χ4v) is 4.86. The fraction of sp³-hybridized carbons (Fsp3) is 0.296. The molecule has 34 heavy (non-hydrogen) atoms. The molecular formula is C27H32N2O4S. The minimum Gasteiger partial charge on any atom is -0.494 e. The van der Waals surface area contributed by atoms with Crippen LogP contribution < -0.4 is 14.8 Å². The van der Waals surface area contributed by atoms with E-state index in [1.165, 1.54) is 6.07 Å². The van der Waals surface area contributed by atoms with E-state index in [9.17, 15) is 13.2 Å². The first kappa shape index (κ1) is 25.5. The Labute approximate surface area is 202 Å². The van der Waals surface area contributed by atoms with E-state index < -0.39 is 22.0 Å². The molecule has 0 radical (unpaired) electrons. The third-order valence-corrected chi connectivity index (χ3v) is 6.97. The third kappa shape index (κ3) is 6.68. The minimum absolute atomic E-state index is 0.0839. The zero-order chi connectivity index (χ0) is 24.7. The summed E-state index contributed by atoms with van der Waals surface area (Å²) in [6.45, 7) is 8.35. The van der Waals surface area contributed by atoms with E-state index in [1.54, 1.807) is 19.1 Å². The standard InChI is InChI=1S/C27H32N2O4S/c1-5-33-26-16-15-24(17-20(26)4)34(31,32)29-25(18-21-9-7-6-8-10-21)27(30)28-23-13-11-22(12-14-23)19(2)3/h6-17,19,25,29H,5,18H2,1-4H3,(H,28,30)/t25-/m1/s1. The first-order chi connectivity index (χ1) is 16.2. The first-order valence-corrected chi connectivity index (χ1v) is 12.9. The lowest BCUT2D eigenvalue weighted by Crippen LogP contribution is -2.45. The van der Waals surface area contributed by atoms with Crippen LogP contribution in [-0.4, -0.2) is 27.0 Å². The van der Waals surface area contributed by atoms with Crippen molar-refractivity contribution in [2.45, 2.75) is 51.0 Å². The molecular weight excluding hydrogens is 448 g/mol. The van der Waals surface area contributed by atoms with Gasteiger partial charge in [-0.3, -0.25) is 4.79 Å². The summed E-state index contributed by atoms with van der Waals surface area (Å²) in [5, 5.41) is 2.85. The Hall–Kier alpha value is -3.16. The Morgan fingerprint density at radius 1 is 0.971 bits per heavy atom. The summed E-state index contributed by atoms with van der Waals surface area (Å²) < 4.78 is 34.5. The highest BCUT2D eigenvalue weighted by Crippen LogP contribution is 2.23. The maximum atomic E-state index is 13.2. The van der Waals surface area contributed by atoms with E-state index in [2.05, 4.69) is 23.9 Å². The van der Waals surface area contributed by atoms with Gasteiger partial charge in [0.1, 0.15) is 11.8 Å². The average Bonchev–Trinajstić information content (AvgIpc) is 2.81. The Balaban J connectivity index is 1.84. The van der Waals surface area contributed by atoms with Crippen LogP contribution in [0, 0.1) is 6.92 Å². The number of benzene rings is 3. The molecule has 0 aromatic heterocycles. The molecule has 180 valence electrons. The minimum atomic E-state index is -3.96. The van der Waals surface area contributed by atoms with Gasteiger partial charge in [-0.25, -0.2) is 8.42 Å². The van der Waals surface area contributed by atoms with Crippen LogP contribution >= 0.6 is 0 Å². The quantitative estimate of drug-likeness (QED) is 0.426. The molecule has 0 fully saturated rings. The van der Waals surface area contributed by atoms with Gasteiger partial charge in [0.2, 0.25) is 15.9 Å². The van der Waals surface area contributed by atoms with Crippen molar-refractivity contribution in [3.8, 4) is 5.75 Å². The molecule has 2 N–H and O–H groups in total. The lowest BCUT2D eigenvalue weighted by molar-refractivity contribution is -0.117. The maximum absolute atomic E-state index is 13.2. The molecule has 0 aliphatic rings. The van der Waals surface area contributed by atoms with Crippen LogP contribution in [0.25, 0.3) is 0 Å². The molecule has 6 nitrogen and oxygen atoms in total. The number of sulfonamides is 1. The molecule has 3 aromatic rings. The van der Waals surface area contributed by atoms with Gasteiger partial charge in [-0.15, -0.1) is 0 Å². The second-order valence-corrected chi connectivity index (χ2v) is 10.2. The number of anilines is 1. The van der Waals surface area contributed by atoms with Crippen molar-refractivity contribution in [2.24, 2.45) is 0 Å². The molecule has 0 spiro atoms. The van der Waals surface area contributed by atoms with E-state index in [-0.39, 0.29) is 11.3 Å². The van der Waals surface area contributed by atoms with E-state index in [0.29, 0.717) is 29.5 Å². The summed E-state index contributed by atoms with van der Waals surface area (Å²) in [7, 11) is -3.96. The van der Waals surface area contributed by atoms with Gasteiger partial charge in [0.25, 0.3) is 0 Å². The van der Waals surface area contributed by atoms with E-state index in [1.807, 2.05) is 61.5 Å². The molecule has 0 aliphatic heterocycles. The highest BCUT2D eigenvalue weighted by atomic mass is 32.2. The molecule has 1 amide bonds. The Morgan fingerprint density at radius 3 is 2.24 bits per heavy atom. The van der Waals surface area contributed by atoms with Crippen LogP contribution in [0.5, 0.6) is 5.75 Å². The van der Waals surface area contributed by atoms with Crippen molar-refractivity contribution < 1.29 is 17.9 Å². The predicted molar refractivity (Wildman–Crippen MR) is 136 cm³/mol. The number of hydrogen-bond acceptors (Lipinski definition) is 4. The second-order valence-electron chi connectivity index (χ2n) is 8.49. The topological polar surface area (TPSA) is 84.5 Å². The lowest BCUT2D eigenvalue weighted by atomic mass is 10.0. The SMILES string of the molecule is CCOc1ccc(S(=O)(=O)N[C@H](Cc2ccccc2)C(=O)Nc2ccc(C(C)C)cc2)cc1C. The van der Waals surface area contributed by atoms with Crippen LogP contribution in [0.3, 0.4) is 0 Å². The number of carbonyl (C=O) groups excluding carboxylic acids is 1. The number of amides is 1. The normalized spacial score (nSPS) is 12.4. The first-order valence-electron chi connectivity index (χ1n) is 11.4. The summed E-state index contributed by atoms with van der Waals surface area (Å²) in [5.41, 5.74) is 3.33. The summed E-state index contributed by atoms with van der Waals surface area (Å²) in [4.78, 5) is 13.3. The van der Waals surface area contributed by atoms with Crippen LogP contribution in [0.15, 0.2) is 77.7 Å². The summed E-state index contributed by atoms with van der Waals surface area (Å²) in [6, 6.07) is 20.6. The van der Waals surface area contributed by atoms with Crippen molar-refractivity contribution in [1.82, 2.24) is 4.72 Å². The van der Waals surface area contributed by atoms with Gasteiger partial charge in [0.15, 0.2) is 0 Å². The largest absolute Gasteiger partial charge is 0.494 e. The average molecular weight is 481 g/mol. The van der Waals surface area contributed by atoms with Gasteiger partial charge in [-0.05, 0) is 73.2 Å². The fourth-order valence-electron chi connectivity index (χ4n) is 3.58. The molecule has 3 rings (SSSR count). The third-order valence-electron chi connectivity index (χ3n) is 5.50. The van der Waals surface area contributed by atoms with E-state index >= 15 is 0 Å². The van der Waals surface area contributed by atoms with Gasteiger partial charge in [0.05, 0.1) is 11.5 Å². The molecule has 0 unspecified atom stereocenters. The van der Waals surface area contributed by atoms with E-state index in [0.717, 1.165) is 11.1 Å². The molecule has 0 aliphatic carbocycles. The Bertz CT molecular complexity index is 1210. The van der Waals surface area contributed by atoms with Gasteiger partial charge in [-0.1, -0.05) is 56.3 Å². The number of ether oxygens (including phenoxy) is 1. The van der Waals surface area contributed by atoms with Crippen molar-refractivity contribution in [3.63, 3.8) is 0 Å². The second kappa shape index (κ2) is 11.3. The van der Waals surface area contributed by atoms with Crippen LogP contribution in [0.2, 0.25) is 0 Å². The van der Waals surface area contributed by atoms with Crippen molar-refractivity contribution in [3.05, 3.63) is 89.5 Å². The summed E-state index contributed by atoms with van der Waals surface area (Å²) in [6.07, 6.45) is 0.214. The van der Waals surface area contributed by atoms with Gasteiger partial charge >= 0.3 is 0 Å². The van der Waals surface area contributed by atoms with Gasteiger partial charge in [0, 0.05) is 5.69 Å². The Morgan fingerprint density at radius 2 is 1.65 bits per heavy atom. The molecule has 0 heterocycles. The zero-order valence-electron chi connectivity index (χ0n) is 20.0. The highest BCUT2D eigenvalue weighted by Gasteiger charge is 2.27. The Kier molecular flexibility index (Phi) is 8.47. The van der Waals surface area contributed by atoms with Gasteiger partial charge < -0.3 is 10.1 Å². The monoisotopic (exact) mass is 480 g/mol. The molecule has 1 atom stereocenters. The van der Waals surface area contributed by atoms with Crippen LogP contribution in [0.4, 0.5) is 5.69 Å². The van der Waals surface area contributed by atoms with Crippen molar-refractivity contribution in [2.75, 3.05) is 11.9 Å². The number of aryl methyl sites for hydroxylation is 1. The summed E-state index contributed by atoms with van der Waals surface area (Å²) >= 11 is 0. The molecule has 0 bridgehead atoms. The number of nitrogens with one attached hydrogen (secondary N) is 2. The summed E-state index contributed by atoms with van der Waals surface area (Å²) in [5.74, 6) is 0.581. The predicted octanol–water partition coefficient (Wildman–Crippen LogP) is 5.05. The number of rotatable bonds is 10. The van der Waals surface area contributed by atoms with Gasteiger partial charge in [-0.2, -0.15) is 4.72 Å². The van der Waals surface area contributed by atoms with E-state index in [4.69, 9.17) is 4.74 Å².